The summed E-state index contributed by atoms with van der Waals surface area (Å²) in [7, 11) is 0. The summed E-state index contributed by atoms with van der Waals surface area (Å²) in [4.78, 5) is 0. The van der Waals surface area contributed by atoms with Crippen molar-refractivity contribution in [3.8, 4) is 0 Å². The Morgan fingerprint density at radius 1 is 1.20 bits per heavy atom. The zero-order valence-corrected chi connectivity index (χ0v) is 11.4. The molecule has 0 radical (unpaired) electrons. The van der Waals surface area contributed by atoms with Gasteiger partial charge in [0.15, 0.2) is 5.11 Å². The molecule has 0 saturated carbocycles. The van der Waals surface area contributed by atoms with Gasteiger partial charge in [-0.2, -0.15) is 0 Å². The molecule has 1 atom stereocenters. The Labute approximate surface area is 100 Å². The predicted molar refractivity (Wildman–Crippen MR) is 72.2 cm³/mol. The molecule has 90 valence electrons. The van der Waals surface area contributed by atoms with Gasteiger partial charge in [0.05, 0.1) is 0 Å². The fraction of sp³-hybridized carbons (Fsp3) is 0.917. The fourth-order valence-corrected chi connectivity index (χ4v) is 2.04. The van der Waals surface area contributed by atoms with Crippen molar-refractivity contribution in [1.29, 1.82) is 0 Å². The highest BCUT2D eigenvalue weighted by Gasteiger charge is 2.13. The van der Waals surface area contributed by atoms with Crippen LogP contribution in [0.15, 0.2) is 0 Å². The highest BCUT2D eigenvalue weighted by molar-refractivity contribution is 7.80. The van der Waals surface area contributed by atoms with E-state index in [2.05, 4.69) is 38.3 Å². The Kier molecular flexibility index (Phi) is 8.77. The average molecular weight is 230 g/mol. The summed E-state index contributed by atoms with van der Waals surface area (Å²) in [5.41, 5.74) is 0. The molecule has 0 heterocycles. The summed E-state index contributed by atoms with van der Waals surface area (Å²) in [6, 6.07) is 0.474. The summed E-state index contributed by atoms with van der Waals surface area (Å²) in [6.07, 6.45) is 4.81. The number of hydrogen-bond acceptors (Lipinski definition) is 1. The van der Waals surface area contributed by atoms with Gasteiger partial charge in [-0.3, -0.25) is 0 Å². The lowest BCUT2D eigenvalue weighted by atomic mass is 9.96. The lowest BCUT2D eigenvalue weighted by Gasteiger charge is -2.24. The van der Waals surface area contributed by atoms with Crippen molar-refractivity contribution in [2.75, 3.05) is 6.54 Å². The molecule has 0 fully saturated rings. The first-order chi connectivity index (χ1) is 7.15. The van der Waals surface area contributed by atoms with Crippen LogP contribution in [0.2, 0.25) is 0 Å². The first-order valence-corrected chi connectivity index (χ1v) is 6.60. The molecule has 0 saturated heterocycles. The Bertz CT molecular complexity index is 167. The molecular weight excluding hydrogens is 204 g/mol. The second-order valence-electron chi connectivity index (χ2n) is 4.12. The molecule has 0 spiro atoms. The molecular formula is C12H26N2S. The topological polar surface area (TPSA) is 24.1 Å². The minimum absolute atomic E-state index is 0.474. The van der Waals surface area contributed by atoms with Crippen molar-refractivity contribution in [3.05, 3.63) is 0 Å². The average Bonchev–Trinajstić information content (AvgIpc) is 2.20. The Morgan fingerprint density at radius 3 is 2.27 bits per heavy atom. The molecule has 3 heteroatoms. The molecule has 0 aliphatic heterocycles. The van der Waals surface area contributed by atoms with E-state index in [0.29, 0.717) is 6.04 Å². The van der Waals surface area contributed by atoms with E-state index in [1.54, 1.807) is 0 Å². The quantitative estimate of drug-likeness (QED) is 0.519. The maximum absolute atomic E-state index is 5.24. The van der Waals surface area contributed by atoms with E-state index in [-0.39, 0.29) is 0 Å². The number of unbranched alkanes of at least 4 members (excludes halogenated alkanes) is 1. The fourth-order valence-electron chi connectivity index (χ4n) is 1.75. The van der Waals surface area contributed by atoms with Crippen LogP contribution < -0.4 is 10.6 Å². The van der Waals surface area contributed by atoms with Crippen LogP contribution in [-0.4, -0.2) is 17.7 Å². The van der Waals surface area contributed by atoms with Crippen molar-refractivity contribution in [2.45, 2.75) is 59.4 Å². The minimum Gasteiger partial charge on any atom is -0.363 e. The number of thiocarbonyl (C=S) groups is 1. The standard InChI is InChI=1S/C12H26N2S/c1-5-8-9-13-12(15)14-10(4)11(6-2)7-3/h10-11H,5-9H2,1-4H3,(H2,13,14,15). The SMILES string of the molecule is CCCCNC(=S)NC(C)C(CC)CC. The second-order valence-corrected chi connectivity index (χ2v) is 4.53. The Balaban J connectivity index is 3.74. The molecule has 0 aliphatic rings. The van der Waals surface area contributed by atoms with E-state index >= 15 is 0 Å². The molecule has 0 bridgehead atoms. The minimum atomic E-state index is 0.474. The van der Waals surface area contributed by atoms with Gasteiger partial charge in [0, 0.05) is 12.6 Å². The van der Waals surface area contributed by atoms with Gasteiger partial charge in [-0.05, 0) is 31.5 Å². The van der Waals surface area contributed by atoms with E-state index in [1.807, 2.05) is 0 Å². The molecule has 0 rings (SSSR count). The molecule has 0 aromatic heterocycles. The van der Waals surface area contributed by atoms with Crippen LogP contribution in [-0.2, 0) is 0 Å². The van der Waals surface area contributed by atoms with Crippen LogP contribution in [0, 0.1) is 5.92 Å². The molecule has 1 unspecified atom stereocenters. The Hall–Kier alpha value is -0.310. The number of nitrogens with one attached hydrogen (secondary N) is 2. The molecule has 0 aliphatic carbocycles. The zero-order valence-electron chi connectivity index (χ0n) is 10.6. The normalized spacial score (nSPS) is 12.6. The molecule has 0 aromatic rings. The Morgan fingerprint density at radius 2 is 1.80 bits per heavy atom. The third-order valence-electron chi connectivity index (χ3n) is 2.93. The third-order valence-corrected chi connectivity index (χ3v) is 3.19. The highest BCUT2D eigenvalue weighted by atomic mass is 32.1. The van der Waals surface area contributed by atoms with Gasteiger partial charge < -0.3 is 10.6 Å². The van der Waals surface area contributed by atoms with Gasteiger partial charge in [0.2, 0.25) is 0 Å². The van der Waals surface area contributed by atoms with Crippen LogP contribution in [0.25, 0.3) is 0 Å². The predicted octanol–water partition coefficient (Wildman–Crippen LogP) is 3.08. The summed E-state index contributed by atoms with van der Waals surface area (Å²) >= 11 is 5.24. The van der Waals surface area contributed by atoms with Crippen LogP contribution >= 0.6 is 12.2 Å². The lowest BCUT2D eigenvalue weighted by Crippen LogP contribution is -2.43. The molecule has 2 N–H and O–H groups in total. The first kappa shape index (κ1) is 14.7. The summed E-state index contributed by atoms with van der Waals surface area (Å²) in [6.45, 7) is 9.86. The second kappa shape index (κ2) is 8.96. The van der Waals surface area contributed by atoms with Gasteiger partial charge in [0.1, 0.15) is 0 Å². The first-order valence-electron chi connectivity index (χ1n) is 6.19. The smallest absolute Gasteiger partial charge is 0.166 e. The molecule has 0 aromatic carbocycles. The van der Waals surface area contributed by atoms with Crippen LogP contribution in [0.1, 0.15) is 53.4 Å². The number of hydrogen-bond donors (Lipinski definition) is 2. The van der Waals surface area contributed by atoms with Gasteiger partial charge in [0.25, 0.3) is 0 Å². The summed E-state index contributed by atoms with van der Waals surface area (Å²) in [5.74, 6) is 0.718. The monoisotopic (exact) mass is 230 g/mol. The van der Waals surface area contributed by atoms with Crippen molar-refractivity contribution in [1.82, 2.24) is 10.6 Å². The van der Waals surface area contributed by atoms with Crippen molar-refractivity contribution in [2.24, 2.45) is 5.92 Å². The molecule has 2 nitrogen and oxygen atoms in total. The van der Waals surface area contributed by atoms with Crippen LogP contribution in [0.4, 0.5) is 0 Å². The van der Waals surface area contributed by atoms with Crippen molar-refractivity contribution in [3.63, 3.8) is 0 Å². The van der Waals surface area contributed by atoms with E-state index in [1.165, 1.54) is 25.7 Å². The summed E-state index contributed by atoms with van der Waals surface area (Å²) in [5, 5.41) is 7.41. The van der Waals surface area contributed by atoms with Crippen LogP contribution in [0.3, 0.4) is 0 Å². The number of rotatable bonds is 7. The largest absolute Gasteiger partial charge is 0.363 e. The van der Waals surface area contributed by atoms with Gasteiger partial charge in [-0.25, -0.2) is 0 Å². The van der Waals surface area contributed by atoms with Gasteiger partial charge >= 0.3 is 0 Å². The third kappa shape index (κ3) is 6.72. The highest BCUT2D eigenvalue weighted by Crippen LogP contribution is 2.12. The van der Waals surface area contributed by atoms with Gasteiger partial charge in [-0.15, -0.1) is 0 Å². The lowest BCUT2D eigenvalue weighted by molar-refractivity contribution is 0.390. The zero-order chi connectivity index (χ0) is 11.7. The summed E-state index contributed by atoms with van der Waals surface area (Å²) < 4.78 is 0. The van der Waals surface area contributed by atoms with E-state index in [9.17, 15) is 0 Å². The maximum Gasteiger partial charge on any atom is 0.166 e. The van der Waals surface area contributed by atoms with Gasteiger partial charge in [-0.1, -0.05) is 40.0 Å². The van der Waals surface area contributed by atoms with E-state index in [4.69, 9.17) is 12.2 Å². The van der Waals surface area contributed by atoms with Crippen molar-refractivity contribution >= 4 is 17.3 Å². The van der Waals surface area contributed by atoms with Crippen molar-refractivity contribution < 1.29 is 0 Å². The van der Waals surface area contributed by atoms with E-state index < -0.39 is 0 Å². The molecule has 0 amide bonds. The van der Waals surface area contributed by atoms with E-state index in [0.717, 1.165) is 17.6 Å². The maximum atomic E-state index is 5.24. The van der Waals surface area contributed by atoms with Crippen LogP contribution in [0.5, 0.6) is 0 Å². The molecule has 15 heavy (non-hydrogen) atoms.